The number of H-pyrrole nitrogens is 1. The third-order valence-electron chi connectivity index (χ3n) is 4.60. The number of anilines is 1. The maximum absolute atomic E-state index is 12.2. The lowest BCUT2D eigenvalue weighted by molar-refractivity contribution is -0.117. The number of nitrogens with one attached hydrogen (secondary N) is 3. The summed E-state index contributed by atoms with van der Waals surface area (Å²) in [6.45, 7) is 1.66. The van der Waals surface area contributed by atoms with E-state index in [-0.39, 0.29) is 11.8 Å². The van der Waals surface area contributed by atoms with Crippen LogP contribution >= 0.6 is 11.3 Å². The van der Waals surface area contributed by atoms with Crippen molar-refractivity contribution in [1.82, 2.24) is 15.5 Å². The van der Waals surface area contributed by atoms with E-state index < -0.39 is 6.04 Å². The zero-order valence-corrected chi connectivity index (χ0v) is 15.2. The van der Waals surface area contributed by atoms with E-state index in [9.17, 15) is 9.59 Å². The molecule has 0 bridgehead atoms. The van der Waals surface area contributed by atoms with Crippen LogP contribution in [0.4, 0.5) is 5.82 Å². The average Bonchev–Trinajstić information content (AvgIpc) is 3.28. The number of amides is 2. The number of nitrogens with zero attached hydrogens (tertiary/aromatic N) is 1. The van der Waals surface area contributed by atoms with Gasteiger partial charge >= 0.3 is 0 Å². The molecule has 1 unspecified atom stereocenters. The Morgan fingerprint density at radius 1 is 1.36 bits per heavy atom. The average molecular weight is 360 g/mol. The summed E-state index contributed by atoms with van der Waals surface area (Å²) in [6, 6.07) is 4.80. The van der Waals surface area contributed by atoms with Crippen LogP contribution in [0.3, 0.4) is 0 Å². The molecule has 2 aromatic rings. The molecule has 6 nitrogen and oxygen atoms in total. The zero-order valence-electron chi connectivity index (χ0n) is 14.4. The highest BCUT2D eigenvalue weighted by Crippen LogP contribution is 2.26. The van der Waals surface area contributed by atoms with Crippen molar-refractivity contribution in [2.75, 3.05) is 5.32 Å². The summed E-state index contributed by atoms with van der Waals surface area (Å²) in [5.41, 5.74) is 1.05. The molecule has 2 aromatic heterocycles. The van der Waals surface area contributed by atoms with Crippen LogP contribution in [0.5, 0.6) is 0 Å². The lowest BCUT2D eigenvalue weighted by Crippen LogP contribution is -2.41. The molecule has 1 aliphatic rings. The van der Waals surface area contributed by atoms with Crippen molar-refractivity contribution in [1.29, 1.82) is 0 Å². The summed E-state index contributed by atoms with van der Waals surface area (Å²) < 4.78 is 0. The van der Waals surface area contributed by atoms with Crippen LogP contribution in [0.25, 0.3) is 0 Å². The van der Waals surface area contributed by atoms with Crippen LogP contribution in [0.1, 0.15) is 54.4 Å². The largest absolute Gasteiger partial charge is 0.340 e. The SMILES string of the molecule is CC(NC(=O)c1cccs1)C(=O)Nc1cc(CC2CCCCC2)[nH]n1. The summed E-state index contributed by atoms with van der Waals surface area (Å²) in [4.78, 5) is 24.8. The number of aromatic nitrogens is 2. The molecule has 3 rings (SSSR count). The summed E-state index contributed by atoms with van der Waals surface area (Å²) in [5.74, 6) is 0.702. The van der Waals surface area contributed by atoms with Crippen LogP contribution in [-0.2, 0) is 11.2 Å². The van der Waals surface area contributed by atoms with Crippen LogP contribution < -0.4 is 10.6 Å². The molecule has 0 saturated heterocycles. The molecule has 2 amide bonds. The van der Waals surface area contributed by atoms with Gasteiger partial charge in [-0.3, -0.25) is 14.7 Å². The highest BCUT2D eigenvalue weighted by atomic mass is 32.1. The van der Waals surface area contributed by atoms with Gasteiger partial charge in [0, 0.05) is 11.8 Å². The topological polar surface area (TPSA) is 86.9 Å². The number of aromatic amines is 1. The molecule has 7 heteroatoms. The molecule has 3 N–H and O–H groups in total. The van der Waals surface area contributed by atoms with Gasteiger partial charge in [0.05, 0.1) is 4.88 Å². The van der Waals surface area contributed by atoms with E-state index >= 15 is 0 Å². The van der Waals surface area contributed by atoms with Crippen LogP contribution in [0.2, 0.25) is 0 Å². The van der Waals surface area contributed by atoms with Crippen molar-refractivity contribution < 1.29 is 9.59 Å². The molecule has 1 aliphatic carbocycles. The van der Waals surface area contributed by atoms with Crippen molar-refractivity contribution in [2.24, 2.45) is 5.92 Å². The third-order valence-corrected chi connectivity index (χ3v) is 5.47. The van der Waals surface area contributed by atoms with Gasteiger partial charge in [-0.2, -0.15) is 5.10 Å². The predicted molar refractivity (Wildman–Crippen MR) is 98.7 cm³/mol. The van der Waals surface area contributed by atoms with Gasteiger partial charge < -0.3 is 10.6 Å². The van der Waals surface area contributed by atoms with Crippen molar-refractivity contribution in [3.8, 4) is 0 Å². The van der Waals surface area contributed by atoms with Gasteiger partial charge in [0.15, 0.2) is 5.82 Å². The van der Waals surface area contributed by atoms with E-state index in [4.69, 9.17) is 0 Å². The van der Waals surface area contributed by atoms with E-state index in [0.717, 1.165) is 12.1 Å². The molecule has 0 aliphatic heterocycles. The van der Waals surface area contributed by atoms with Gasteiger partial charge in [-0.05, 0) is 30.7 Å². The fourth-order valence-corrected chi connectivity index (χ4v) is 3.83. The smallest absolute Gasteiger partial charge is 0.261 e. The van der Waals surface area contributed by atoms with E-state index in [1.54, 1.807) is 13.0 Å². The molecule has 1 saturated carbocycles. The summed E-state index contributed by atoms with van der Waals surface area (Å²) in [5, 5.41) is 14.5. The maximum Gasteiger partial charge on any atom is 0.261 e. The third kappa shape index (κ3) is 4.92. The van der Waals surface area contributed by atoms with Crippen LogP contribution in [-0.4, -0.2) is 28.1 Å². The number of thiophene rings is 1. The predicted octanol–water partition coefficient (Wildman–Crippen LogP) is 3.35. The summed E-state index contributed by atoms with van der Waals surface area (Å²) in [6.07, 6.45) is 7.48. The number of hydrogen-bond acceptors (Lipinski definition) is 4. The van der Waals surface area contributed by atoms with Gasteiger partial charge in [0.1, 0.15) is 6.04 Å². The van der Waals surface area contributed by atoms with Gasteiger partial charge in [0.25, 0.3) is 5.91 Å². The lowest BCUT2D eigenvalue weighted by atomic mass is 9.86. The first-order valence-corrected chi connectivity index (χ1v) is 9.69. The Hall–Kier alpha value is -2.15. The van der Waals surface area contributed by atoms with Crippen molar-refractivity contribution in [2.45, 2.75) is 51.5 Å². The molecule has 134 valence electrons. The zero-order chi connectivity index (χ0) is 17.6. The van der Waals surface area contributed by atoms with Crippen molar-refractivity contribution in [3.63, 3.8) is 0 Å². The van der Waals surface area contributed by atoms with Crippen LogP contribution in [0, 0.1) is 5.92 Å². The highest BCUT2D eigenvalue weighted by Gasteiger charge is 2.19. The molecule has 1 atom stereocenters. The highest BCUT2D eigenvalue weighted by molar-refractivity contribution is 7.12. The molecule has 2 heterocycles. The lowest BCUT2D eigenvalue weighted by Gasteiger charge is -2.20. The Balaban J connectivity index is 1.49. The minimum Gasteiger partial charge on any atom is -0.340 e. The molecule has 0 aromatic carbocycles. The Morgan fingerprint density at radius 3 is 2.88 bits per heavy atom. The molecular weight excluding hydrogens is 336 g/mol. The Kier molecular flexibility index (Phi) is 5.86. The molecule has 25 heavy (non-hydrogen) atoms. The fraction of sp³-hybridized carbons (Fsp3) is 0.500. The Bertz CT molecular complexity index is 704. The quantitative estimate of drug-likeness (QED) is 0.738. The van der Waals surface area contributed by atoms with E-state index in [0.29, 0.717) is 16.6 Å². The summed E-state index contributed by atoms with van der Waals surface area (Å²) >= 11 is 1.35. The van der Waals surface area contributed by atoms with Gasteiger partial charge in [-0.15, -0.1) is 11.3 Å². The normalized spacial score (nSPS) is 16.4. The van der Waals surface area contributed by atoms with Gasteiger partial charge in [0.2, 0.25) is 5.91 Å². The van der Waals surface area contributed by atoms with E-state index in [1.807, 2.05) is 17.5 Å². The van der Waals surface area contributed by atoms with Crippen LogP contribution in [0.15, 0.2) is 23.6 Å². The number of carbonyl (C=O) groups is 2. The number of hydrogen-bond donors (Lipinski definition) is 3. The minimum absolute atomic E-state index is 0.238. The monoisotopic (exact) mass is 360 g/mol. The standard InChI is InChI=1S/C18H24N4O2S/c1-12(19-18(24)15-8-5-9-25-15)17(23)20-16-11-14(21-22-16)10-13-6-3-2-4-7-13/h5,8-9,11-13H,2-4,6-7,10H2,1H3,(H,19,24)(H2,20,21,22,23). The number of rotatable bonds is 6. The summed E-state index contributed by atoms with van der Waals surface area (Å²) in [7, 11) is 0. The molecule has 0 radical (unpaired) electrons. The van der Waals surface area contributed by atoms with Crippen molar-refractivity contribution in [3.05, 3.63) is 34.2 Å². The Morgan fingerprint density at radius 2 is 2.16 bits per heavy atom. The maximum atomic E-state index is 12.2. The first-order valence-electron chi connectivity index (χ1n) is 8.81. The van der Waals surface area contributed by atoms with E-state index in [1.165, 1.54) is 43.4 Å². The second-order valence-electron chi connectivity index (χ2n) is 6.65. The van der Waals surface area contributed by atoms with Gasteiger partial charge in [-0.1, -0.05) is 38.2 Å². The Labute approximate surface area is 151 Å². The first kappa shape index (κ1) is 17.7. The van der Waals surface area contributed by atoms with Crippen molar-refractivity contribution >= 4 is 29.0 Å². The second kappa shape index (κ2) is 8.29. The minimum atomic E-state index is -0.631. The molecule has 0 spiro atoms. The number of carbonyl (C=O) groups excluding carboxylic acids is 2. The first-order chi connectivity index (χ1) is 12.1. The van der Waals surface area contributed by atoms with E-state index in [2.05, 4.69) is 20.8 Å². The molecule has 1 fully saturated rings. The second-order valence-corrected chi connectivity index (χ2v) is 7.60. The fourth-order valence-electron chi connectivity index (χ4n) is 3.21. The molecular formula is C18H24N4O2S. The van der Waals surface area contributed by atoms with Gasteiger partial charge in [-0.25, -0.2) is 0 Å².